The highest BCUT2D eigenvalue weighted by atomic mass is 16.3. The van der Waals surface area contributed by atoms with Gasteiger partial charge in [-0.05, 0) is 94.3 Å². The molecule has 0 aliphatic rings. The molecular formula is C46H28O. The molecule has 0 bridgehead atoms. The van der Waals surface area contributed by atoms with Crippen molar-refractivity contribution < 1.29 is 9.90 Å². The molecule has 1 aromatic heterocycles. The van der Waals surface area contributed by atoms with Gasteiger partial charge in [-0.15, -0.1) is 0 Å². The zero-order valence-electron chi connectivity index (χ0n) is 29.3. The molecule has 1 nitrogen and oxygen atoms in total. The van der Waals surface area contributed by atoms with Crippen LogP contribution in [0.3, 0.4) is 0 Å². The summed E-state index contributed by atoms with van der Waals surface area (Å²) in [6.45, 7) is 0. The monoisotopic (exact) mass is 600 g/mol. The largest absolute Gasteiger partial charge is 0.456 e. The fourth-order valence-corrected chi connectivity index (χ4v) is 7.46. The summed E-state index contributed by atoms with van der Waals surface area (Å²) in [5.41, 5.74) is 5.01. The Morgan fingerprint density at radius 2 is 0.915 bits per heavy atom. The van der Waals surface area contributed by atoms with E-state index in [1.165, 1.54) is 10.8 Å². The number of rotatable bonds is 3. The Kier molecular flexibility index (Phi) is 4.83. The predicted octanol–water partition coefficient (Wildman–Crippen LogP) is 13.2. The van der Waals surface area contributed by atoms with E-state index in [1.807, 2.05) is 48.5 Å². The van der Waals surface area contributed by atoms with Gasteiger partial charge in [-0.2, -0.15) is 0 Å². The molecule has 0 radical (unpaired) electrons. The van der Waals surface area contributed by atoms with Gasteiger partial charge in [0, 0.05) is 10.9 Å². The zero-order valence-corrected chi connectivity index (χ0v) is 25.3. The van der Waals surface area contributed by atoms with E-state index in [4.69, 9.17) is 7.16 Å². The second kappa shape index (κ2) is 10.2. The average Bonchev–Trinajstić information content (AvgIpc) is 3.63. The van der Waals surface area contributed by atoms with Gasteiger partial charge in [-0.3, -0.25) is 0 Å². The van der Waals surface area contributed by atoms with Gasteiger partial charge in [0.2, 0.25) is 0 Å². The summed E-state index contributed by atoms with van der Waals surface area (Å²) in [7, 11) is 0. The molecule has 0 aliphatic heterocycles. The van der Waals surface area contributed by atoms with Crippen LogP contribution in [0.5, 0.6) is 0 Å². The van der Waals surface area contributed by atoms with Crippen LogP contribution in [0, 0.1) is 0 Å². The highest BCUT2D eigenvalue weighted by molar-refractivity contribution is 6.25. The molecule has 0 saturated carbocycles. The minimum atomic E-state index is -0.253. The maximum atomic E-state index is 9.39. The summed E-state index contributed by atoms with van der Waals surface area (Å²) in [6, 6.07) is 49.0. The van der Waals surface area contributed by atoms with Crippen LogP contribution in [-0.2, 0) is 0 Å². The van der Waals surface area contributed by atoms with Crippen LogP contribution in [0.2, 0.25) is 0 Å². The molecule has 0 unspecified atom stereocenters. The molecule has 9 aromatic carbocycles. The molecular weight excluding hydrogens is 569 g/mol. The van der Waals surface area contributed by atoms with E-state index in [1.54, 1.807) is 0 Å². The van der Waals surface area contributed by atoms with Crippen molar-refractivity contribution in [2.45, 2.75) is 0 Å². The first-order valence-corrected chi connectivity index (χ1v) is 15.9. The molecule has 0 saturated heterocycles. The van der Waals surface area contributed by atoms with E-state index >= 15 is 0 Å². The van der Waals surface area contributed by atoms with Crippen LogP contribution in [-0.4, -0.2) is 0 Å². The van der Waals surface area contributed by atoms with E-state index in [9.17, 15) is 2.74 Å². The van der Waals surface area contributed by atoms with Crippen molar-refractivity contribution in [3.05, 3.63) is 170 Å². The third kappa shape index (κ3) is 3.97. The Labute approximate surface area is 277 Å². The van der Waals surface area contributed by atoms with Crippen molar-refractivity contribution in [2.75, 3.05) is 0 Å². The van der Waals surface area contributed by atoms with Gasteiger partial charge < -0.3 is 4.42 Å². The summed E-state index contributed by atoms with van der Waals surface area (Å²) in [4.78, 5) is 0. The summed E-state index contributed by atoms with van der Waals surface area (Å²) >= 11 is 0. The van der Waals surface area contributed by atoms with E-state index in [0.29, 0.717) is 16.4 Å². The number of fused-ring (bicyclic) bond motifs is 7. The molecule has 0 fully saturated rings. The minimum Gasteiger partial charge on any atom is -0.456 e. The topological polar surface area (TPSA) is 13.1 Å². The van der Waals surface area contributed by atoms with Crippen molar-refractivity contribution in [1.29, 1.82) is 0 Å². The van der Waals surface area contributed by atoms with Crippen LogP contribution in [0.4, 0.5) is 0 Å². The van der Waals surface area contributed by atoms with Crippen molar-refractivity contribution >= 4 is 64.8 Å². The molecule has 10 aromatic rings. The molecule has 47 heavy (non-hydrogen) atoms. The third-order valence-corrected chi connectivity index (χ3v) is 9.57. The fraction of sp³-hybridized carbons (Fsp3) is 0. The molecule has 0 atom stereocenters. The van der Waals surface area contributed by atoms with Crippen molar-refractivity contribution in [3.8, 4) is 33.6 Å². The van der Waals surface area contributed by atoms with Crippen LogP contribution >= 0.6 is 0 Å². The second-order valence-electron chi connectivity index (χ2n) is 12.1. The van der Waals surface area contributed by atoms with Crippen molar-refractivity contribution in [1.82, 2.24) is 0 Å². The van der Waals surface area contributed by atoms with Gasteiger partial charge in [0.15, 0.2) is 0 Å². The highest BCUT2D eigenvalue weighted by Gasteiger charge is 2.20. The summed E-state index contributed by atoms with van der Waals surface area (Å²) in [5, 5.41) is 10.5. The van der Waals surface area contributed by atoms with Crippen LogP contribution in [0.15, 0.2) is 174 Å². The summed E-state index contributed by atoms with van der Waals surface area (Å²) < 4.78 is 43.0. The van der Waals surface area contributed by atoms with Gasteiger partial charge in [0.1, 0.15) is 11.3 Å². The lowest BCUT2D eigenvalue weighted by Gasteiger charge is -2.19. The molecule has 10 rings (SSSR count). The van der Waals surface area contributed by atoms with Gasteiger partial charge in [-0.25, -0.2) is 0 Å². The SMILES string of the molecule is [2H]c1c([2H])c([2H])c2c(-c3cccc4oc(-c5ccc6ccc7ccccc7c6c5)cc34)c3ccccc3c(-c3cccc4ccccc34)c2c1[2H]. The predicted molar refractivity (Wildman–Crippen MR) is 200 cm³/mol. The second-order valence-corrected chi connectivity index (χ2v) is 12.1. The van der Waals surface area contributed by atoms with E-state index in [0.717, 1.165) is 71.3 Å². The molecule has 1 heteroatoms. The van der Waals surface area contributed by atoms with Gasteiger partial charge in [0.05, 0.1) is 5.48 Å². The van der Waals surface area contributed by atoms with Crippen LogP contribution < -0.4 is 0 Å². The quantitative estimate of drug-likeness (QED) is 0.145. The third-order valence-electron chi connectivity index (χ3n) is 9.57. The normalized spacial score (nSPS) is 13.0. The van der Waals surface area contributed by atoms with Crippen molar-refractivity contribution in [3.63, 3.8) is 0 Å². The maximum Gasteiger partial charge on any atom is 0.135 e. The van der Waals surface area contributed by atoms with E-state index in [-0.39, 0.29) is 24.2 Å². The first-order valence-electron chi connectivity index (χ1n) is 17.9. The lowest BCUT2D eigenvalue weighted by atomic mass is 9.84. The zero-order chi connectivity index (χ0) is 34.4. The molecule has 0 N–H and O–H groups in total. The Hall–Kier alpha value is -6.18. The first-order chi connectivity index (χ1) is 25.0. The Morgan fingerprint density at radius 1 is 0.383 bits per heavy atom. The smallest absolute Gasteiger partial charge is 0.135 e. The van der Waals surface area contributed by atoms with E-state index < -0.39 is 0 Å². The molecule has 0 amide bonds. The number of furan rings is 1. The summed E-state index contributed by atoms with van der Waals surface area (Å²) in [5.74, 6) is 0.732. The van der Waals surface area contributed by atoms with Crippen LogP contribution in [0.1, 0.15) is 5.48 Å². The maximum absolute atomic E-state index is 9.39. The fourth-order valence-electron chi connectivity index (χ4n) is 7.46. The molecule has 1 heterocycles. The standard InChI is InChI=1S/C46H28O/c1-3-14-33-29(11-1)13-9-20-35(33)45-36-16-5-7-18-38(36)46(39-19-8-6-17-37(39)45)40-21-10-22-43-42(40)28-44(47-43)32-26-25-31-24-23-30-12-2-4-15-34(30)41(31)27-32/h1-28H/i5D,7D,16D,18D. The van der Waals surface area contributed by atoms with Gasteiger partial charge in [-0.1, -0.05) is 152 Å². The van der Waals surface area contributed by atoms with Crippen molar-refractivity contribution in [2.24, 2.45) is 0 Å². The van der Waals surface area contributed by atoms with Crippen LogP contribution in [0.25, 0.3) is 98.4 Å². The first kappa shape index (κ1) is 22.3. The van der Waals surface area contributed by atoms with Gasteiger partial charge in [0.25, 0.3) is 0 Å². The highest BCUT2D eigenvalue weighted by Crippen LogP contribution is 2.47. The Morgan fingerprint density at radius 3 is 1.64 bits per heavy atom. The Balaban J connectivity index is 1.30. The van der Waals surface area contributed by atoms with Gasteiger partial charge >= 0.3 is 0 Å². The number of benzene rings is 9. The molecule has 0 aliphatic carbocycles. The van der Waals surface area contributed by atoms with E-state index in [2.05, 4.69) is 97.1 Å². The lowest BCUT2D eigenvalue weighted by molar-refractivity contribution is 0.632. The Bertz CT molecular complexity index is 3080. The minimum absolute atomic E-state index is 0.0515. The average molecular weight is 601 g/mol. The summed E-state index contributed by atoms with van der Waals surface area (Å²) in [6.07, 6.45) is 0. The number of hydrogen-bond acceptors (Lipinski definition) is 1. The molecule has 218 valence electrons. The molecule has 0 spiro atoms. The number of hydrogen-bond donors (Lipinski definition) is 0. The lowest BCUT2D eigenvalue weighted by Crippen LogP contribution is -1.91.